The molecular formula is C23H35ClN2O3. The predicted molar refractivity (Wildman–Crippen MR) is 116 cm³/mol. The molecule has 2 fully saturated rings. The Morgan fingerprint density at radius 3 is 2.59 bits per heavy atom. The predicted octanol–water partition coefficient (Wildman–Crippen LogP) is 3.55. The Morgan fingerprint density at radius 2 is 2.00 bits per heavy atom. The van der Waals surface area contributed by atoms with Crippen molar-refractivity contribution < 1.29 is 14.7 Å². The molecule has 6 heteroatoms. The molecule has 3 atom stereocenters. The monoisotopic (exact) mass is 422 g/mol. The van der Waals surface area contributed by atoms with E-state index in [1.807, 2.05) is 32.9 Å². The first-order valence-electron chi connectivity index (χ1n) is 10.9. The third-order valence-electron chi connectivity index (χ3n) is 6.56. The largest absolute Gasteiger partial charge is 0.388 e. The minimum Gasteiger partial charge on any atom is -0.388 e. The zero-order chi connectivity index (χ0) is 21.2. The number of amides is 2. The molecule has 1 unspecified atom stereocenters. The molecule has 1 saturated carbocycles. The first kappa shape index (κ1) is 22.4. The maximum absolute atomic E-state index is 12.9. The maximum Gasteiger partial charge on any atom is 0.225 e. The SMILES string of the molecule is CC(C)(CC(=O)N1CC[C@H](C2=CCC(Cl)C=C2)[C@](C)(O)C1)NC(=O)C1CCCC1. The molecule has 0 aromatic heterocycles. The smallest absolute Gasteiger partial charge is 0.225 e. The minimum atomic E-state index is -0.986. The number of hydrogen-bond donors (Lipinski definition) is 2. The van der Waals surface area contributed by atoms with Gasteiger partial charge in [0.2, 0.25) is 11.8 Å². The van der Waals surface area contributed by atoms with E-state index in [1.165, 1.54) is 0 Å². The summed E-state index contributed by atoms with van der Waals surface area (Å²) < 4.78 is 0. The van der Waals surface area contributed by atoms with E-state index in [9.17, 15) is 14.7 Å². The summed E-state index contributed by atoms with van der Waals surface area (Å²) in [5.41, 5.74) is -0.465. The number of nitrogens with zero attached hydrogens (tertiary/aromatic N) is 1. The summed E-state index contributed by atoms with van der Waals surface area (Å²) in [7, 11) is 0. The molecule has 3 rings (SSSR count). The Labute approximate surface area is 179 Å². The van der Waals surface area contributed by atoms with Crippen molar-refractivity contribution in [1.29, 1.82) is 0 Å². The molecule has 2 N–H and O–H groups in total. The molecule has 0 aromatic carbocycles. The highest BCUT2D eigenvalue weighted by Gasteiger charge is 2.42. The summed E-state index contributed by atoms with van der Waals surface area (Å²) in [5.74, 6) is 0.140. The van der Waals surface area contributed by atoms with Crippen LogP contribution in [0.25, 0.3) is 0 Å². The first-order chi connectivity index (χ1) is 13.6. The Bertz CT molecular complexity index is 692. The molecule has 2 amide bonds. The number of carbonyl (C=O) groups excluding carboxylic acids is 2. The second-order valence-corrected chi connectivity index (χ2v) is 10.4. The van der Waals surface area contributed by atoms with Crippen molar-refractivity contribution in [3.8, 4) is 0 Å². The van der Waals surface area contributed by atoms with Crippen LogP contribution in [0.1, 0.15) is 65.7 Å². The molecular weight excluding hydrogens is 388 g/mol. The Kier molecular flexibility index (Phi) is 6.79. The van der Waals surface area contributed by atoms with Gasteiger partial charge in [-0.2, -0.15) is 0 Å². The van der Waals surface area contributed by atoms with Crippen LogP contribution in [-0.4, -0.2) is 51.4 Å². The molecule has 5 nitrogen and oxygen atoms in total. The van der Waals surface area contributed by atoms with Crippen molar-refractivity contribution in [1.82, 2.24) is 10.2 Å². The summed E-state index contributed by atoms with van der Waals surface area (Å²) in [5, 5.41) is 14.2. The molecule has 1 heterocycles. The fraction of sp³-hybridized carbons (Fsp3) is 0.739. The van der Waals surface area contributed by atoms with Gasteiger partial charge in [0.25, 0.3) is 0 Å². The molecule has 162 valence electrons. The lowest BCUT2D eigenvalue weighted by atomic mass is 9.76. The lowest BCUT2D eigenvalue weighted by molar-refractivity contribution is -0.141. The molecule has 2 aliphatic carbocycles. The normalized spacial score (nSPS) is 30.9. The van der Waals surface area contributed by atoms with Gasteiger partial charge in [0, 0.05) is 36.9 Å². The van der Waals surface area contributed by atoms with E-state index in [-0.39, 0.29) is 35.4 Å². The first-order valence-corrected chi connectivity index (χ1v) is 11.4. The lowest BCUT2D eigenvalue weighted by Gasteiger charge is -2.44. The summed E-state index contributed by atoms with van der Waals surface area (Å²) in [6, 6.07) is 0. The standard InChI is InChI=1S/C23H35ClN2O3/c1-22(2,25-21(28)17-6-4-5-7-17)14-20(27)26-13-12-19(23(3,29)15-26)16-8-10-18(24)11-9-16/h8-10,17-19,29H,4-7,11-15H2,1-3H3,(H,25,28)/t18?,19-,23-/m1/s1. The molecule has 0 spiro atoms. The highest BCUT2D eigenvalue weighted by atomic mass is 35.5. The lowest BCUT2D eigenvalue weighted by Crippen LogP contribution is -2.56. The third kappa shape index (κ3) is 5.64. The average molecular weight is 423 g/mol. The van der Waals surface area contributed by atoms with Crippen LogP contribution in [0, 0.1) is 11.8 Å². The number of likely N-dealkylation sites (tertiary alicyclic amines) is 1. The van der Waals surface area contributed by atoms with E-state index >= 15 is 0 Å². The van der Waals surface area contributed by atoms with Gasteiger partial charge in [0.15, 0.2) is 0 Å². The van der Waals surface area contributed by atoms with Gasteiger partial charge in [-0.1, -0.05) is 31.1 Å². The van der Waals surface area contributed by atoms with Gasteiger partial charge >= 0.3 is 0 Å². The van der Waals surface area contributed by atoms with Crippen molar-refractivity contribution in [2.24, 2.45) is 11.8 Å². The van der Waals surface area contributed by atoms with E-state index in [0.29, 0.717) is 13.1 Å². The minimum absolute atomic E-state index is 0.00189. The van der Waals surface area contributed by atoms with Gasteiger partial charge in [-0.15, -0.1) is 11.6 Å². The van der Waals surface area contributed by atoms with Crippen LogP contribution in [0.3, 0.4) is 0 Å². The number of carbonyl (C=O) groups is 2. The van der Waals surface area contributed by atoms with Crippen molar-refractivity contribution in [2.45, 2.75) is 82.2 Å². The number of aliphatic hydroxyl groups is 1. The number of halogens is 1. The summed E-state index contributed by atoms with van der Waals surface area (Å²) >= 11 is 6.12. The van der Waals surface area contributed by atoms with Gasteiger partial charge < -0.3 is 15.3 Å². The van der Waals surface area contributed by atoms with Gasteiger partial charge in [0.05, 0.1) is 11.0 Å². The number of piperidine rings is 1. The third-order valence-corrected chi connectivity index (χ3v) is 6.89. The summed E-state index contributed by atoms with van der Waals surface area (Å²) in [6.07, 6.45) is 11.9. The number of hydrogen-bond acceptors (Lipinski definition) is 3. The van der Waals surface area contributed by atoms with Gasteiger partial charge in [-0.25, -0.2) is 0 Å². The van der Waals surface area contributed by atoms with E-state index < -0.39 is 11.1 Å². The number of alkyl halides is 1. The Balaban J connectivity index is 1.56. The van der Waals surface area contributed by atoms with E-state index in [4.69, 9.17) is 11.6 Å². The average Bonchev–Trinajstić information content (AvgIpc) is 3.16. The number of β-amino-alcohol motifs (C(OH)–C–C–N with tert-alkyl or cyclic N) is 1. The van der Waals surface area contributed by atoms with E-state index in [2.05, 4.69) is 11.4 Å². The zero-order valence-electron chi connectivity index (χ0n) is 17.9. The number of allylic oxidation sites excluding steroid dienone is 3. The molecule has 0 bridgehead atoms. The van der Waals surface area contributed by atoms with Crippen LogP contribution in [-0.2, 0) is 9.59 Å². The molecule has 29 heavy (non-hydrogen) atoms. The van der Waals surface area contributed by atoms with Crippen LogP contribution >= 0.6 is 11.6 Å². The highest BCUT2D eigenvalue weighted by molar-refractivity contribution is 6.22. The number of nitrogens with one attached hydrogen (secondary N) is 1. The maximum atomic E-state index is 12.9. The van der Waals surface area contributed by atoms with Crippen LogP contribution in [0.15, 0.2) is 23.8 Å². The van der Waals surface area contributed by atoms with Crippen LogP contribution < -0.4 is 5.32 Å². The second-order valence-electron chi connectivity index (χ2n) is 9.86. The second kappa shape index (κ2) is 8.81. The number of rotatable bonds is 5. The van der Waals surface area contributed by atoms with E-state index in [1.54, 1.807) is 4.90 Å². The van der Waals surface area contributed by atoms with Crippen molar-refractivity contribution in [3.05, 3.63) is 23.8 Å². The zero-order valence-corrected chi connectivity index (χ0v) is 18.7. The Hall–Kier alpha value is -1.33. The van der Waals surface area contributed by atoms with Gasteiger partial charge in [-0.3, -0.25) is 9.59 Å². The molecule has 1 aliphatic heterocycles. The summed E-state index contributed by atoms with van der Waals surface area (Å²) in [6.45, 7) is 6.54. The molecule has 0 radical (unpaired) electrons. The van der Waals surface area contributed by atoms with Crippen LogP contribution in [0.2, 0.25) is 0 Å². The van der Waals surface area contributed by atoms with Gasteiger partial charge in [-0.05, 0) is 52.0 Å². The van der Waals surface area contributed by atoms with Crippen molar-refractivity contribution in [2.75, 3.05) is 13.1 Å². The molecule has 1 saturated heterocycles. The topological polar surface area (TPSA) is 69.6 Å². The summed E-state index contributed by atoms with van der Waals surface area (Å²) in [4.78, 5) is 27.2. The Morgan fingerprint density at radius 1 is 1.31 bits per heavy atom. The fourth-order valence-corrected chi connectivity index (χ4v) is 5.10. The van der Waals surface area contributed by atoms with Crippen LogP contribution in [0.4, 0.5) is 0 Å². The fourth-order valence-electron chi connectivity index (χ4n) is 4.94. The van der Waals surface area contributed by atoms with Gasteiger partial charge in [0.1, 0.15) is 0 Å². The van der Waals surface area contributed by atoms with Crippen LogP contribution in [0.5, 0.6) is 0 Å². The quantitative estimate of drug-likeness (QED) is 0.665. The van der Waals surface area contributed by atoms with Crippen molar-refractivity contribution in [3.63, 3.8) is 0 Å². The van der Waals surface area contributed by atoms with E-state index in [0.717, 1.165) is 44.1 Å². The van der Waals surface area contributed by atoms with Crippen molar-refractivity contribution >= 4 is 23.4 Å². The highest BCUT2D eigenvalue weighted by Crippen LogP contribution is 2.36. The molecule has 3 aliphatic rings. The molecule has 0 aromatic rings.